The predicted molar refractivity (Wildman–Crippen MR) is 71.3 cm³/mol. The SMILES string of the molecule is CC(C)c1cc(NN)c2cc(Br)c(F)cc2n1. The Morgan fingerprint density at radius 1 is 1.35 bits per heavy atom. The van der Waals surface area contributed by atoms with Crippen molar-refractivity contribution in [3.05, 3.63) is 34.2 Å². The number of nitrogens with zero attached hydrogens (tertiary/aromatic N) is 1. The number of nitrogen functional groups attached to an aromatic ring is 1. The van der Waals surface area contributed by atoms with E-state index in [0.29, 0.717) is 9.99 Å². The van der Waals surface area contributed by atoms with E-state index in [4.69, 9.17) is 5.84 Å². The summed E-state index contributed by atoms with van der Waals surface area (Å²) >= 11 is 3.16. The van der Waals surface area contributed by atoms with Crippen molar-refractivity contribution < 1.29 is 4.39 Å². The molecule has 0 radical (unpaired) electrons. The molecule has 1 aromatic carbocycles. The summed E-state index contributed by atoms with van der Waals surface area (Å²) in [6, 6.07) is 4.97. The molecule has 90 valence electrons. The number of pyridine rings is 1. The van der Waals surface area contributed by atoms with Gasteiger partial charge in [-0.05, 0) is 34.0 Å². The predicted octanol–water partition coefficient (Wildman–Crippen LogP) is 3.55. The zero-order valence-electron chi connectivity index (χ0n) is 9.59. The smallest absolute Gasteiger partial charge is 0.139 e. The van der Waals surface area contributed by atoms with E-state index in [1.54, 1.807) is 6.07 Å². The highest BCUT2D eigenvalue weighted by Gasteiger charge is 2.10. The Kier molecular flexibility index (Phi) is 3.31. The third kappa shape index (κ3) is 2.25. The Hall–Kier alpha value is -1.20. The first kappa shape index (κ1) is 12.3. The molecule has 17 heavy (non-hydrogen) atoms. The standard InChI is InChI=1S/C12H13BrFN3/c1-6(2)10-5-12(17-15)7-3-8(13)9(14)4-11(7)16-10/h3-6H,15H2,1-2H3,(H,16,17). The van der Waals surface area contributed by atoms with Gasteiger partial charge in [0.25, 0.3) is 0 Å². The first-order valence-electron chi connectivity index (χ1n) is 5.29. The van der Waals surface area contributed by atoms with Gasteiger partial charge in [-0.15, -0.1) is 0 Å². The van der Waals surface area contributed by atoms with Gasteiger partial charge in [0.2, 0.25) is 0 Å². The van der Waals surface area contributed by atoms with E-state index in [1.807, 2.05) is 19.9 Å². The lowest BCUT2D eigenvalue weighted by atomic mass is 10.1. The van der Waals surface area contributed by atoms with Crippen LogP contribution in [0.4, 0.5) is 10.1 Å². The Morgan fingerprint density at radius 3 is 2.65 bits per heavy atom. The van der Waals surface area contributed by atoms with Crippen molar-refractivity contribution in [1.29, 1.82) is 0 Å². The highest BCUT2D eigenvalue weighted by atomic mass is 79.9. The van der Waals surface area contributed by atoms with Gasteiger partial charge in [0.15, 0.2) is 0 Å². The van der Waals surface area contributed by atoms with Gasteiger partial charge in [-0.2, -0.15) is 0 Å². The largest absolute Gasteiger partial charge is 0.323 e. The van der Waals surface area contributed by atoms with Gasteiger partial charge in [-0.3, -0.25) is 10.8 Å². The molecule has 1 heterocycles. The number of aromatic nitrogens is 1. The molecule has 3 N–H and O–H groups in total. The lowest BCUT2D eigenvalue weighted by Gasteiger charge is -2.11. The maximum absolute atomic E-state index is 13.5. The molecule has 1 aromatic heterocycles. The second kappa shape index (κ2) is 4.58. The van der Waals surface area contributed by atoms with Crippen LogP contribution in [0.5, 0.6) is 0 Å². The molecule has 2 aromatic rings. The molecule has 0 fully saturated rings. The van der Waals surface area contributed by atoms with Crippen molar-refractivity contribution in [3.63, 3.8) is 0 Å². The average Bonchev–Trinajstić information content (AvgIpc) is 2.29. The molecule has 0 aliphatic carbocycles. The Labute approximate surface area is 107 Å². The van der Waals surface area contributed by atoms with E-state index >= 15 is 0 Å². The van der Waals surface area contributed by atoms with Gasteiger partial charge in [0.05, 0.1) is 15.7 Å². The number of nitrogens with one attached hydrogen (secondary N) is 1. The Balaban J connectivity index is 2.78. The summed E-state index contributed by atoms with van der Waals surface area (Å²) in [7, 11) is 0. The van der Waals surface area contributed by atoms with E-state index in [2.05, 4.69) is 26.3 Å². The summed E-state index contributed by atoms with van der Waals surface area (Å²) in [6.45, 7) is 4.06. The van der Waals surface area contributed by atoms with E-state index in [9.17, 15) is 4.39 Å². The number of rotatable bonds is 2. The van der Waals surface area contributed by atoms with Crippen molar-refractivity contribution in [2.24, 2.45) is 5.84 Å². The summed E-state index contributed by atoms with van der Waals surface area (Å²) in [4.78, 5) is 4.43. The quantitative estimate of drug-likeness (QED) is 0.658. The van der Waals surface area contributed by atoms with Gasteiger partial charge in [-0.1, -0.05) is 13.8 Å². The fourth-order valence-electron chi connectivity index (χ4n) is 1.66. The second-order valence-corrected chi connectivity index (χ2v) is 5.03. The lowest BCUT2D eigenvalue weighted by Crippen LogP contribution is -2.09. The summed E-state index contributed by atoms with van der Waals surface area (Å²) in [5.74, 6) is 5.42. The molecule has 0 saturated carbocycles. The van der Waals surface area contributed by atoms with Crippen LogP contribution in [0.1, 0.15) is 25.5 Å². The Morgan fingerprint density at radius 2 is 2.06 bits per heavy atom. The lowest BCUT2D eigenvalue weighted by molar-refractivity contribution is 0.622. The van der Waals surface area contributed by atoms with E-state index in [0.717, 1.165) is 16.8 Å². The third-order valence-corrected chi connectivity index (χ3v) is 3.23. The monoisotopic (exact) mass is 297 g/mol. The van der Waals surface area contributed by atoms with Crippen molar-refractivity contribution in [3.8, 4) is 0 Å². The summed E-state index contributed by atoms with van der Waals surface area (Å²) in [5.41, 5.74) is 4.86. The minimum Gasteiger partial charge on any atom is -0.323 e. The van der Waals surface area contributed by atoms with Gasteiger partial charge in [0.1, 0.15) is 5.82 Å². The number of nitrogens with two attached hydrogens (primary N) is 1. The van der Waals surface area contributed by atoms with Crippen molar-refractivity contribution in [1.82, 2.24) is 4.98 Å². The minimum absolute atomic E-state index is 0.262. The molecule has 0 bridgehead atoms. The van der Waals surface area contributed by atoms with Crippen LogP contribution in [0, 0.1) is 5.82 Å². The molecule has 3 nitrogen and oxygen atoms in total. The van der Waals surface area contributed by atoms with Crippen molar-refractivity contribution >= 4 is 32.5 Å². The van der Waals surface area contributed by atoms with E-state index < -0.39 is 0 Å². The number of fused-ring (bicyclic) bond motifs is 1. The van der Waals surface area contributed by atoms with Gasteiger partial charge in [0, 0.05) is 17.1 Å². The topological polar surface area (TPSA) is 50.9 Å². The molecule has 0 atom stereocenters. The molecule has 0 amide bonds. The molecule has 0 aliphatic heterocycles. The first-order chi connectivity index (χ1) is 8.02. The van der Waals surface area contributed by atoms with Crippen molar-refractivity contribution in [2.45, 2.75) is 19.8 Å². The number of anilines is 1. The zero-order chi connectivity index (χ0) is 12.6. The molecule has 2 rings (SSSR count). The fourth-order valence-corrected chi connectivity index (χ4v) is 2.00. The molecule has 0 saturated heterocycles. The molecular weight excluding hydrogens is 285 g/mol. The fraction of sp³-hybridized carbons (Fsp3) is 0.250. The highest BCUT2D eigenvalue weighted by molar-refractivity contribution is 9.10. The first-order valence-corrected chi connectivity index (χ1v) is 6.08. The van der Waals surface area contributed by atoms with Crippen LogP contribution in [0.15, 0.2) is 22.7 Å². The minimum atomic E-state index is -0.325. The maximum atomic E-state index is 13.5. The molecule has 0 spiro atoms. The molecular formula is C12H13BrFN3. The van der Waals surface area contributed by atoms with Crippen LogP contribution in [0.25, 0.3) is 10.9 Å². The van der Waals surface area contributed by atoms with E-state index in [1.165, 1.54) is 6.07 Å². The number of hydrogen-bond donors (Lipinski definition) is 2. The van der Waals surface area contributed by atoms with Crippen LogP contribution in [0.3, 0.4) is 0 Å². The highest BCUT2D eigenvalue weighted by Crippen LogP contribution is 2.29. The molecule has 0 aliphatic rings. The number of halogens is 2. The molecule has 0 unspecified atom stereocenters. The van der Waals surface area contributed by atoms with Gasteiger partial charge < -0.3 is 5.43 Å². The summed E-state index contributed by atoms with van der Waals surface area (Å²) < 4.78 is 13.9. The zero-order valence-corrected chi connectivity index (χ0v) is 11.2. The third-order valence-electron chi connectivity index (χ3n) is 2.62. The van der Waals surface area contributed by atoms with Gasteiger partial charge in [-0.25, -0.2) is 4.39 Å². The maximum Gasteiger partial charge on any atom is 0.139 e. The van der Waals surface area contributed by atoms with Gasteiger partial charge >= 0.3 is 0 Å². The number of hydrazine groups is 1. The Bertz CT molecular complexity index is 569. The van der Waals surface area contributed by atoms with Crippen LogP contribution >= 0.6 is 15.9 Å². The molecule has 5 heteroatoms. The van der Waals surface area contributed by atoms with Crippen LogP contribution in [-0.4, -0.2) is 4.98 Å². The van der Waals surface area contributed by atoms with Crippen LogP contribution < -0.4 is 11.3 Å². The van der Waals surface area contributed by atoms with Crippen LogP contribution in [0.2, 0.25) is 0 Å². The summed E-state index contributed by atoms with van der Waals surface area (Å²) in [5, 5.41) is 0.796. The second-order valence-electron chi connectivity index (χ2n) is 4.18. The van der Waals surface area contributed by atoms with E-state index in [-0.39, 0.29) is 11.7 Å². The number of hydrogen-bond acceptors (Lipinski definition) is 3. The average molecular weight is 298 g/mol. The summed E-state index contributed by atoms with van der Waals surface area (Å²) in [6.07, 6.45) is 0. The number of benzene rings is 1. The van der Waals surface area contributed by atoms with Crippen LogP contribution in [-0.2, 0) is 0 Å². The van der Waals surface area contributed by atoms with Crippen molar-refractivity contribution in [2.75, 3.05) is 5.43 Å². The normalized spacial score (nSPS) is 11.2.